The summed E-state index contributed by atoms with van der Waals surface area (Å²) >= 11 is 0. The summed E-state index contributed by atoms with van der Waals surface area (Å²) in [6, 6.07) is 51.1. The first-order valence-electron chi connectivity index (χ1n) is 17.5. The Morgan fingerprint density at radius 3 is 1.81 bits per heavy atom. The molecule has 0 N–H and O–H groups in total. The van der Waals surface area contributed by atoms with Crippen LogP contribution in [0.5, 0.6) is 0 Å². The lowest BCUT2D eigenvalue weighted by Crippen LogP contribution is -2.16. The van der Waals surface area contributed by atoms with Crippen LogP contribution in [0.25, 0.3) is 88.1 Å². The highest BCUT2D eigenvalue weighted by molar-refractivity contribution is 6.14. The van der Waals surface area contributed by atoms with Crippen molar-refractivity contribution in [3.05, 3.63) is 156 Å². The van der Waals surface area contributed by atoms with Crippen LogP contribution in [0.15, 0.2) is 138 Å². The zero-order valence-corrected chi connectivity index (χ0v) is 28.4. The van der Waals surface area contributed by atoms with Gasteiger partial charge in [-0.25, -0.2) is 0 Å². The fourth-order valence-electron chi connectivity index (χ4n) is 9.05. The molecule has 5 heteroatoms. The number of nitrogens with zero attached hydrogens (tertiary/aromatic N) is 4. The lowest BCUT2D eigenvalue weighted by Gasteiger charge is -2.23. The summed E-state index contributed by atoms with van der Waals surface area (Å²) in [5.74, 6) is 0. The second-order valence-electron chi connectivity index (χ2n) is 14.4. The molecule has 7 aromatic carbocycles. The minimum absolute atomic E-state index is 0.276. The number of rotatable bonds is 2. The molecule has 0 radical (unpaired) electrons. The molecule has 0 saturated heterocycles. The number of hydrogen-bond acceptors (Lipinski definition) is 3. The van der Waals surface area contributed by atoms with E-state index in [4.69, 9.17) is 4.42 Å². The van der Waals surface area contributed by atoms with Crippen molar-refractivity contribution in [2.45, 2.75) is 19.3 Å². The Balaban J connectivity index is 1.18. The zero-order chi connectivity index (χ0) is 34.9. The average Bonchev–Trinajstić information content (AvgIpc) is 3.89. The first-order chi connectivity index (χ1) is 25.4. The Morgan fingerprint density at radius 1 is 0.500 bits per heavy atom. The zero-order valence-electron chi connectivity index (χ0n) is 28.4. The predicted molar refractivity (Wildman–Crippen MR) is 209 cm³/mol. The Bertz CT molecular complexity index is 3300. The normalized spacial score (nSPS) is 13.3. The lowest BCUT2D eigenvalue weighted by atomic mass is 9.81. The van der Waals surface area contributed by atoms with Gasteiger partial charge in [-0.3, -0.25) is 0 Å². The molecule has 10 aromatic rings. The van der Waals surface area contributed by atoms with Crippen molar-refractivity contribution in [3.63, 3.8) is 0 Å². The molecule has 0 spiro atoms. The molecule has 0 amide bonds. The van der Waals surface area contributed by atoms with Crippen LogP contribution in [-0.2, 0) is 5.41 Å². The average molecular weight is 665 g/mol. The predicted octanol–water partition coefficient (Wildman–Crippen LogP) is 11.8. The minimum atomic E-state index is -0.276. The molecule has 242 valence electrons. The van der Waals surface area contributed by atoms with E-state index < -0.39 is 0 Å². The van der Waals surface area contributed by atoms with E-state index in [2.05, 4.69) is 132 Å². The van der Waals surface area contributed by atoms with E-state index in [-0.39, 0.29) is 5.41 Å². The van der Waals surface area contributed by atoms with Gasteiger partial charge in [-0.05, 0) is 101 Å². The van der Waals surface area contributed by atoms with Crippen LogP contribution in [-0.4, -0.2) is 9.13 Å². The summed E-state index contributed by atoms with van der Waals surface area (Å²) in [7, 11) is 0. The van der Waals surface area contributed by atoms with Crippen molar-refractivity contribution in [2.75, 3.05) is 0 Å². The summed E-state index contributed by atoms with van der Waals surface area (Å²) in [6.45, 7) is 4.60. The monoisotopic (exact) mass is 664 g/mol. The molecule has 3 heterocycles. The van der Waals surface area contributed by atoms with Gasteiger partial charge in [-0.1, -0.05) is 68.4 Å². The minimum Gasteiger partial charge on any atom is -0.456 e. The first-order valence-corrected chi connectivity index (χ1v) is 17.5. The molecule has 1 aliphatic rings. The van der Waals surface area contributed by atoms with Gasteiger partial charge in [0.05, 0.1) is 45.3 Å². The van der Waals surface area contributed by atoms with Gasteiger partial charge in [0.1, 0.15) is 11.2 Å². The third-order valence-electron chi connectivity index (χ3n) is 11.3. The SMILES string of the molecule is CC1(C)c2ccc(C#N)cc2-c2ccc3c4ccccc4n(-c4ccc5oc6ccc(-n7c8ccccc8c8cc(C#N)ccc87)cc6c5c4)c3c21. The fraction of sp³-hybridized carbons (Fsp3) is 0.0638. The number of furan rings is 1. The molecule has 3 aromatic heterocycles. The maximum absolute atomic E-state index is 9.76. The summed E-state index contributed by atoms with van der Waals surface area (Å²) in [6.07, 6.45) is 0. The van der Waals surface area contributed by atoms with Crippen LogP contribution in [0, 0.1) is 22.7 Å². The molecule has 52 heavy (non-hydrogen) atoms. The third-order valence-corrected chi connectivity index (χ3v) is 11.3. The van der Waals surface area contributed by atoms with E-state index in [1.165, 1.54) is 33.0 Å². The number of aromatic nitrogens is 2. The maximum Gasteiger partial charge on any atom is 0.135 e. The van der Waals surface area contributed by atoms with Crippen LogP contribution < -0.4 is 0 Å². The maximum atomic E-state index is 9.76. The second-order valence-corrected chi connectivity index (χ2v) is 14.4. The molecule has 5 nitrogen and oxygen atoms in total. The highest BCUT2D eigenvalue weighted by Crippen LogP contribution is 2.53. The van der Waals surface area contributed by atoms with E-state index in [0.717, 1.165) is 66.2 Å². The van der Waals surface area contributed by atoms with Crippen molar-refractivity contribution in [1.82, 2.24) is 9.13 Å². The third kappa shape index (κ3) is 3.64. The number of para-hydroxylation sites is 2. The topological polar surface area (TPSA) is 70.6 Å². The molecule has 11 rings (SSSR count). The van der Waals surface area contributed by atoms with Crippen LogP contribution in [0.1, 0.15) is 36.1 Å². The first kappa shape index (κ1) is 28.7. The quantitative estimate of drug-likeness (QED) is 0.185. The van der Waals surface area contributed by atoms with Crippen molar-refractivity contribution in [3.8, 4) is 34.6 Å². The molecule has 0 saturated carbocycles. The Morgan fingerprint density at radius 2 is 1.10 bits per heavy atom. The molecular formula is C47H28N4O. The smallest absolute Gasteiger partial charge is 0.135 e. The standard InChI is InChI=1S/C47H28N4O/c1-47(2)39-17-11-27(25-48)21-35(39)33-15-16-34-31-7-3-6-10-41(31)51(46(34)45(33)47)30-14-20-44-38(24-30)37-23-29(13-19-43(37)52-44)50-40-9-5-4-8-32(40)36-22-28(26-49)12-18-42(36)50/h3-24H,1-2H3. The van der Waals surface area contributed by atoms with E-state index in [9.17, 15) is 10.5 Å². The summed E-state index contributed by atoms with van der Waals surface area (Å²) in [5.41, 5.74) is 14.1. The van der Waals surface area contributed by atoms with Crippen LogP contribution in [0.3, 0.4) is 0 Å². The Hall–Kier alpha value is -7.08. The van der Waals surface area contributed by atoms with Crippen molar-refractivity contribution in [1.29, 1.82) is 10.5 Å². The van der Waals surface area contributed by atoms with Gasteiger partial charge < -0.3 is 13.6 Å². The molecule has 1 aliphatic carbocycles. The molecule has 0 bridgehead atoms. The molecule has 0 aliphatic heterocycles. The molecule has 0 unspecified atom stereocenters. The van der Waals surface area contributed by atoms with E-state index >= 15 is 0 Å². The number of nitriles is 2. The fourth-order valence-corrected chi connectivity index (χ4v) is 9.05. The van der Waals surface area contributed by atoms with E-state index in [1.54, 1.807) is 0 Å². The molecular weight excluding hydrogens is 637 g/mol. The van der Waals surface area contributed by atoms with Gasteiger partial charge in [0.25, 0.3) is 0 Å². The molecule has 0 fully saturated rings. The molecule has 0 atom stereocenters. The number of benzene rings is 7. The van der Waals surface area contributed by atoms with Gasteiger partial charge in [0.15, 0.2) is 0 Å². The van der Waals surface area contributed by atoms with Crippen molar-refractivity contribution in [2.24, 2.45) is 0 Å². The van der Waals surface area contributed by atoms with Gasteiger partial charge in [0, 0.05) is 49.1 Å². The summed E-state index contributed by atoms with van der Waals surface area (Å²) in [4.78, 5) is 0. The van der Waals surface area contributed by atoms with Crippen molar-refractivity contribution < 1.29 is 4.42 Å². The number of fused-ring (bicyclic) bond motifs is 13. The van der Waals surface area contributed by atoms with Crippen LogP contribution >= 0.6 is 0 Å². The van der Waals surface area contributed by atoms with Crippen LogP contribution in [0.2, 0.25) is 0 Å². The summed E-state index contributed by atoms with van der Waals surface area (Å²) in [5, 5.41) is 26.1. The van der Waals surface area contributed by atoms with Gasteiger partial charge >= 0.3 is 0 Å². The Labute approximate surface area is 298 Å². The summed E-state index contributed by atoms with van der Waals surface area (Å²) < 4.78 is 11.2. The van der Waals surface area contributed by atoms with Crippen LogP contribution in [0.4, 0.5) is 0 Å². The highest BCUT2D eigenvalue weighted by Gasteiger charge is 2.38. The lowest BCUT2D eigenvalue weighted by molar-refractivity contribution is 0.663. The Kier molecular flexibility index (Phi) is 5.53. The van der Waals surface area contributed by atoms with Crippen molar-refractivity contribution >= 4 is 65.6 Å². The van der Waals surface area contributed by atoms with Gasteiger partial charge in [-0.2, -0.15) is 10.5 Å². The second kappa shape index (κ2) is 10.0. The van der Waals surface area contributed by atoms with Gasteiger partial charge in [-0.15, -0.1) is 0 Å². The largest absolute Gasteiger partial charge is 0.456 e. The van der Waals surface area contributed by atoms with Gasteiger partial charge in [0.2, 0.25) is 0 Å². The highest BCUT2D eigenvalue weighted by atomic mass is 16.3. The number of hydrogen-bond donors (Lipinski definition) is 0. The van der Waals surface area contributed by atoms with E-state index in [0.29, 0.717) is 11.1 Å². The van der Waals surface area contributed by atoms with E-state index in [1.807, 2.05) is 36.4 Å².